The molecule has 1 rings (SSSR count). The molecule has 0 aromatic rings. The van der Waals surface area contributed by atoms with Crippen molar-refractivity contribution in [3.8, 4) is 0 Å². The van der Waals surface area contributed by atoms with Crippen molar-refractivity contribution in [2.45, 2.75) is 0 Å². The minimum atomic E-state index is -0.157. The van der Waals surface area contributed by atoms with Gasteiger partial charge in [0.05, 0.1) is 0 Å². The Labute approximate surface area is 56.8 Å². The van der Waals surface area contributed by atoms with Crippen LogP contribution < -0.4 is 0 Å². The first-order valence-electron chi connectivity index (χ1n) is 1.64. The van der Waals surface area contributed by atoms with Crippen LogP contribution in [0.1, 0.15) is 0 Å². The molecule has 2 nitrogen and oxygen atoms in total. The zero-order valence-electron chi connectivity index (χ0n) is 3.39. The molecule has 41 valence electrons. The van der Waals surface area contributed by atoms with E-state index in [1.54, 1.807) is 6.08 Å². The fourth-order valence-electron chi connectivity index (χ4n) is 0.285. The summed E-state index contributed by atoms with van der Waals surface area (Å²) in [5.74, 6) is -0.157. The van der Waals surface area contributed by atoms with Crippen LogP contribution in [0.4, 0.5) is 0 Å². The number of carbonyl (C=O) groups is 1. The van der Waals surface area contributed by atoms with Crippen LogP contribution in [-0.2, 0) is 27.2 Å². The molecule has 1 aliphatic rings. The van der Waals surface area contributed by atoms with Crippen molar-refractivity contribution in [3.05, 3.63) is 12.2 Å². The number of hydrogen-bond acceptors (Lipinski definition) is 1. The van der Waals surface area contributed by atoms with Gasteiger partial charge in [-0.2, -0.15) is 0 Å². The average molecular weight is 278 g/mol. The number of amides is 1. The van der Waals surface area contributed by atoms with Crippen LogP contribution in [0, 0.1) is 0 Å². The summed E-state index contributed by atoms with van der Waals surface area (Å²) < 4.78 is 0. The van der Waals surface area contributed by atoms with Gasteiger partial charge in [-0.25, -0.2) is 4.99 Å². The van der Waals surface area contributed by atoms with Crippen LogP contribution in [0.25, 0.3) is 0 Å². The van der Waals surface area contributed by atoms with Crippen LogP contribution in [0.5, 0.6) is 0 Å². The SMILES string of the molecule is O=C1C=CC=N1.[Au]. The summed E-state index contributed by atoms with van der Waals surface area (Å²) >= 11 is 0. The zero-order valence-corrected chi connectivity index (χ0v) is 5.56. The monoisotopic (exact) mass is 278 g/mol. The Balaban J connectivity index is 0.000000360. The topological polar surface area (TPSA) is 29.4 Å². The Morgan fingerprint density at radius 1 is 1.57 bits per heavy atom. The summed E-state index contributed by atoms with van der Waals surface area (Å²) in [6, 6.07) is 0. The number of carbonyl (C=O) groups excluding carboxylic acids is 1. The second-order valence-electron chi connectivity index (χ2n) is 0.976. The number of aliphatic imine (C=N–C) groups is 1. The summed E-state index contributed by atoms with van der Waals surface area (Å²) in [4.78, 5) is 13.3. The van der Waals surface area contributed by atoms with E-state index in [0.29, 0.717) is 0 Å². The molecule has 0 atom stereocenters. The fourth-order valence-corrected chi connectivity index (χ4v) is 0.285. The molecule has 0 saturated carbocycles. The molecule has 0 saturated heterocycles. The van der Waals surface area contributed by atoms with Crippen LogP contribution in [0.15, 0.2) is 17.1 Å². The van der Waals surface area contributed by atoms with Crippen molar-refractivity contribution in [2.75, 3.05) is 0 Å². The van der Waals surface area contributed by atoms with E-state index >= 15 is 0 Å². The molecule has 1 radical (unpaired) electrons. The maximum Gasteiger partial charge on any atom is 0.269 e. The molecular weight excluding hydrogens is 275 g/mol. The first kappa shape index (κ1) is 6.82. The van der Waals surface area contributed by atoms with E-state index in [4.69, 9.17) is 0 Å². The number of nitrogens with zero attached hydrogens (tertiary/aromatic N) is 1. The van der Waals surface area contributed by atoms with E-state index in [1.165, 1.54) is 12.3 Å². The molecule has 1 heterocycles. The maximum atomic E-state index is 9.96. The van der Waals surface area contributed by atoms with Gasteiger partial charge in [0.25, 0.3) is 5.91 Å². The van der Waals surface area contributed by atoms with E-state index in [0.717, 1.165) is 0 Å². The third-order valence-corrected chi connectivity index (χ3v) is 0.527. The fraction of sp³-hybridized carbons (Fsp3) is 0. The van der Waals surface area contributed by atoms with Gasteiger partial charge in [0.15, 0.2) is 0 Å². The minimum Gasteiger partial charge on any atom is -0.267 e. The molecule has 0 aliphatic carbocycles. The second-order valence-corrected chi connectivity index (χ2v) is 0.976. The molecule has 0 spiro atoms. The van der Waals surface area contributed by atoms with Gasteiger partial charge in [-0.15, -0.1) is 0 Å². The zero-order chi connectivity index (χ0) is 4.41. The van der Waals surface area contributed by atoms with Crippen molar-refractivity contribution in [2.24, 2.45) is 4.99 Å². The van der Waals surface area contributed by atoms with E-state index in [2.05, 4.69) is 4.99 Å². The molecule has 0 bridgehead atoms. The molecule has 1 aliphatic heterocycles. The van der Waals surface area contributed by atoms with E-state index in [1.807, 2.05) is 0 Å². The van der Waals surface area contributed by atoms with Crippen LogP contribution in [-0.4, -0.2) is 12.1 Å². The van der Waals surface area contributed by atoms with Crippen molar-refractivity contribution >= 4 is 12.1 Å². The Morgan fingerprint density at radius 2 is 2.29 bits per heavy atom. The minimum absolute atomic E-state index is 0. The molecule has 3 heteroatoms. The predicted molar refractivity (Wildman–Crippen MR) is 22.6 cm³/mol. The third-order valence-electron chi connectivity index (χ3n) is 0.527. The average Bonchev–Trinajstić information content (AvgIpc) is 1.86. The van der Waals surface area contributed by atoms with Gasteiger partial charge >= 0.3 is 0 Å². The molecule has 0 N–H and O–H groups in total. The van der Waals surface area contributed by atoms with Crippen molar-refractivity contribution in [3.63, 3.8) is 0 Å². The predicted octanol–water partition coefficient (Wildman–Crippen LogP) is 0.151. The Kier molecular flexibility index (Phi) is 2.83. The van der Waals surface area contributed by atoms with Gasteiger partial charge in [0.2, 0.25) is 0 Å². The summed E-state index contributed by atoms with van der Waals surface area (Å²) in [6.07, 6.45) is 4.50. The van der Waals surface area contributed by atoms with Crippen LogP contribution >= 0.6 is 0 Å². The molecular formula is C4H3AuNO. The molecule has 0 unspecified atom stereocenters. The Bertz CT molecular complexity index is 114. The standard InChI is InChI=1S/C4H3NO.Au/c6-4-2-1-3-5-4;/h1-3H;. The number of hydrogen-bond donors (Lipinski definition) is 0. The van der Waals surface area contributed by atoms with E-state index in [-0.39, 0.29) is 28.3 Å². The normalized spacial score (nSPS) is 14.6. The van der Waals surface area contributed by atoms with Gasteiger partial charge < -0.3 is 0 Å². The Hall–Kier alpha value is -0.180. The molecule has 1 amide bonds. The Morgan fingerprint density at radius 3 is 2.43 bits per heavy atom. The third kappa shape index (κ3) is 1.83. The smallest absolute Gasteiger partial charge is 0.267 e. The maximum absolute atomic E-state index is 9.96. The van der Waals surface area contributed by atoms with Gasteiger partial charge in [0.1, 0.15) is 0 Å². The van der Waals surface area contributed by atoms with Crippen molar-refractivity contribution in [1.29, 1.82) is 0 Å². The molecule has 0 fully saturated rings. The quantitative estimate of drug-likeness (QED) is 0.580. The van der Waals surface area contributed by atoms with Gasteiger partial charge in [0, 0.05) is 34.7 Å². The van der Waals surface area contributed by atoms with Gasteiger partial charge in [-0.3, -0.25) is 4.79 Å². The molecule has 0 aromatic carbocycles. The van der Waals surface area contributed by atoms with Crippen molar-refractivity contribution in [1.82, 2.24) is 0 Å². The van der Waals surface area contributed by atoms with Gasteiger partial charge in [-0.1, -0.05) is 0 Å². The number of rotatable bonds is 0. The largest absolute Gasteiger partial charge is 0.269 e. The first-order valence-corrected chi connectivity index (χ1v) is 1.64. The summed E-state index contributed by atoms with van der Waals surface area (Å²) in [5.41, 5.74) is 0. The van der Waals surface area contributed by atoms with Crippen LogP contribution in [0.2, 0.25) is 0 Å². The second kappa shape index (κ2) is 2.91. The summed E-state index contributed by atoms with van der Waals surface area (Å²) in [7, 11) is 0. The van der Waals surface area contributed by atoms with E-state index < -0.39 is 0 Å². The molecule has 0 aromatic heterocycles. The van der Waals surface area contributed by atoms with Gasteiger partial charge in [-0.05, 0) is 6.08 Å². The van der Waals surface area contributed by atoms with Crippen molar-refractivity contribution < 1.29 is 27.2 Å². The first-order chi connectivity index (χ1) is 2.89. The molecule has 7 heavy (non-hydrogen) atoms. The van der Waals surface area contributed by atoms with Crippen LogP contribution in [0.3, 0.4) is 0 Å². The summed E-state index contributed by atoms with van der Waals surface area (Å²) in [5, 5.41) is 0. The van der Waals surface area contributed by atoms with E-state index in [9.17, 15) is 4.79 Å². The number of allylic oxidation sites excluding steroid dienone is 1. The summed E-state index contributed by atoms with van der Waals surface area (Å²) in [6.45, 7) is 0.